The van der Waals surface area contributed by atoms with E-state index in [2.05, 4.69) is 10.3 Å². The van der Waals surface area contributed by atoms with Crippen LogP contribution in [0.5, 0.6) is 17.2 Å². The minimum absolute atomic E-state index is 0.193. The van der Waals surface area contributed by atoms with Gasteiger partial charge in [0.15, 0.2) is 0 Å². The number of halogens is 1. The number of primary amides is 2. The summed E-state index contributed by atoms with van der Waals surface area (Å²) in [6, 6.07) is 21.2. The number of carbonyl (C=O) groups is 3. The lowest BCUT2D eigenvalue weighted by molar-refractivity contribution is -0.132. The van der Waals surface area contributed by atoms with Gasteiger partial charge in [-0.15, -0.1) is 0 Å². The van der Waals surface area contributed by atoms with Crippen LogP contribution >= 0.6 is 0 Å². The van der Waals surface area contributed by atoms with E-state index in [4.69, 9.17) is 20.9 Å². The van der Waals surface area contributed by atoms with Crippen molar-refractivity contribution in [2.45, 2.75) is 12.3 Å². The molecule has 1 aliphatic rings. The topological polar surface area (TPSA) is 147 Å². The highest BCUT2D eigenvalue weighted by molar-refractivity contribution is 6.14. The van der Waals surface area contributed by atoms with E-state index in [0.717, 1.165) is 16.3 Å². The third-order valence-corrected chi connectivity index (χ3v) is 7.71. The van der Waals surface area contributed by atoms with Crippen LogP contribution in [0.2, 0.25) is 0 Å². The number of methoxy groups -OCH3 is 1. The molecule has 0 spiro atoms. The summed E-state index contributed by atoms with van der Waals surface area (Å²) in [5.41, 5.74) is 11.8. The maximum absolute atomic E-state index is 13.3. The highest BCUT2D eigenvalue weighted by Crippen LogP contribution is 2.61. The molecule has 210 valence electrons. The van der Waals surface area contributed by atoms with Crippen LogP contribution in [-0.4, -0.2) is 29.8 Å². The van der Waals surface area contributed by atoms with Crippen molar-refractivity contribution >= 4 is 45.1 Å². The average Bonchev–Trinajstić information content (AvgIpc) is 3.75. The first-order valence-corrected chi connectivity index (χ1v) is 13.1. The molecule has 42 heavy (non-hydrogen) atoms. The molecule has 1 saturated carbocycles. The molecule has 3 amide bonds. The lowest BCUT2D eigenvalue weighted by Gasteiger charge is -2.17. The van der Waals surface area contributed by atoms with Gasteiger partial charge in [-0.3, -0.25) is 19.4 Å². The van der Waals surface area contributed by atoms with Gasteiger partial charge in [0.1, 0.15) is 28.5 Å². The standard InChI is InChI=1S/C32H25FN4O5/c1-41-28-15-25-22(14-23(28)29(34)38)27(12-13-36-25)42-26-11-10-20(19-4-2-3-5-21(19)26)24-16-32(24,30(35)39)31(40)37-18-8-6-17(33)7-9-18/h2-15,24H,16H2,1H3,(H2,34,38)(H2,35,39)(H,37,40). The zero-order valence-corrected chi connectivity index (χ0v) is 22.4. The second-order valence-electron chi connectivity index (χ2n) is 10.1. The van der Waals surface area contributed by atoms with E-state index in [1.807, 2.05) is 30.3 Å². The molecule has 4 aromatic carbocycles. The molecule has 0 radical (unpaired) electrons. The molecule has 6 rings (SSSR count). The van der Waals surface area contributed by atoms with Crippen LogP contribution in [0.4, 0.5) is 10.1 Å². The van der Waals surface area contributed by atoms with Crippen molar-refractivity contribution in [1.82, 2.24) is 4.98 Å². The van der Waals surface area contributed by atoms with Crippen molar-refractivity contribution in [3.63, 3.8) is 0 Å². The van der Waals surface area contributed by atoms with Gasteiger partial charge in [-0.05, 0) is 59.8 Å². The van der Waals surface area contributed by atoms with Crippen LogP contribution in [0.1, 0.15) is 28.3 Å². The summed E-state index contributed by atoms with van der Waals surface area (Å²) in [6.45, 7) is 0. The lowest BCUT2D eigenvalue weighted by Crippen LogP contribution is -2.37. The van der Waals surface area contributed by atoms with Gasteiger partial charge >= 0.3 is 0 Å². The Labute approximate surface area is 239 Å². The molecule has 1 aromatic heterocycles. The molecule has 0 saturated heterocycles. The Bertz CT molecular complexity index is 1910. The van der Waals surface area contributed by atoms with Gasteiger partial charge in [0.2, 0.25) is 11.8 Å². The Morgan fingerprint density at radius 3 is 2.31 bits per heavy atom. The first-order valence-electron chi connectivity index (χ1n) is 13.1. The van der Waals surface area contributed by atoms with Crippen molar-refractivity contribution in [1.29, 1.82) is 0 Å². The fourth-order valence-electron chi connectivity index (χ4n) is 5.45. The second kappa shape index (κ2) is 10.2. The van der Waals surface area contributed by atoms with Gasteiger partial charge in [-0.2, -0.15) is 0 Å². The summed E-state index contributed by atoms with van der Waals surface area (Å²) in [5, 5.41) is 4.80. The molecule has 10 heteroatoms. The monoisotopic (exact) mass is 564 g/mol. The summed E-state index contributed by atoms with van der Waals surface area (Å²) in [4.78, 5) is 42.4. The average molecular weight is 565 g/mol. The van der Waals surface area contributed by atoms with Crippen molar-refractivity contribution in [2.75, 3.05) is 12.4 Å². The Hall–Kier alpha value is -5.51. The molecule has 1 aliphatic carbocycles. The number of amides is 3. The number of benzene rings is 4. The van der Waals surface area contributed by atoms with Gasteiger partial charge in [0, 0.05) is 34.6 Å². The number of anilines is 1. The van der Waals surface area contributed by atoms with Crippen molar-refractivity contribution in [3.05, 3.63) is 102 Å². The van der Waals surface area contributed by atoms with Gasteiger partial charge in [-0.25, -0.2) is 4.39 Å². The number of fused-ring (bicyclic) bond motifs is 2. The highest BCUT2D eigenvalue weighted by Gasteiger charge is 2.65. The second-order valence-corrected chi connectivity index (χ2v) is 10.1. The largest absolute Gasteiger partial charge is 0.496 e. The highest BCUT2D eigenvalue weighted by atomic mass is 19.1. The number of pyridine rings is 1. The molecule has 1 fully saturated rings. The van der Waals surface area contributed by atoms with E-state index in [9.17, 15) is 18.8 Å². The number of nitrogens with two attached hydrogens (primary N) is 2. The SMILES string of the molecule is COc1cc2nccc(Oc3ccc(C4CC4(C(N)=O)C(=O)Nc4ccc(F)cc4)c4ccccc34)c2cc1C(N)=O. The number of hydrogen-bond donors (Lipinski definition) is 3. The molecule has 5 N–H and O–H groups in total. The number of aromatic nitrogens is 1. The molecule has 2 unspecified atom stereocenters. The molecule has 5 aromatic rings. The first kappa shape index (κ1) is 26.7. The first-order chi connectivity index (χ1) is 20.2. The van der Waals surface area contributed by atoms with E-state index in [0.29, 0.717) is 33.8 Å². The summed E-state index contributed by atoms with van der Waals surface area (Å²) in [5.74, 6) is -1.57. The fourth-order valence-corrected chi connectivity index (χ4v) is 5.45. The normalized spacial score (nSPS) is 17.5. The summed E-state index contributed by atoms with van der Waals surface area (Å²) in [6.07, 6.45) is 1.81. The van der Waals surface area contributed by atoms with Crippen LogP contribution in [0.3, 0.4) is 0 Å². The van der Waals surface area contributed by atoms with Gasteiger partial charge in [-0.1, -0.05) is 30.3 Å². The van der Waals surface area contributed by atoms with Crippen LogP contribution in [0.25, 0.3) is 21.7 Å². The molecule has 0 bridgehead atoms. The van der Waals surface area contributed by atoms with E-state index >= 15 is 0 Å². The number of rotatable bonds is 8. The van der Waals surface area contributed by atoms with E-state index in [1.54, 1.807) is 30.5 Å². The third-order valence-electron chi connectivity index (χ3n) is 7.71. The predicted octanol–water partition coefficient (Wildman–Crippen LogP) is 5.02. The number of carbonyl (C=O) groups excluding carboxylic acids is 3. The number of hydrogen-bond acceptors (Lipinski definition) is 6. The molecule has 2 atom stereocenters. The van der Waals surface area contributed by atoms with Crippen molar-refractivity contribution in [2.24, 2.45) is 16.9 Å². The van der Waals surface area contributed by atoms with Gasteiger partial charge < -0.3 is 26.3 Å². The molecule has 1 heterocycles. The smallest absolute Gasteiger partial charge is 0.252 e. The molecule has 9 nitrogen and oxygen atoms in total. The van der Waals surface area contributed by atoms with E-state index in [-0.39, 0.29) is 12.0 Å². The zero-order chi connectivity index (χ0) is 29.6. The zero-order valence-electron chi connectivity index (χ0n) is 22.4. The number of nitrogens with zero attached hydrogens (tertiary/aromatic N) is 1. The number of nitrogens with one attached hydrogen (secondary N) is 1. The maximum atomic E-state index is 13.3. The Morgan fingerprint density at radius 2 is 1.62 bits per heavy atom. The lowest BCUT2D eigenvalue weighted by atomic mass is 9.93. The minimum Gasteiger partial charge on any atom is -0.496 e. The van der Waals surface area contributed by atoms with Crippen molar-refractivity contribution in [3.8, 4) is 17.2 Å². The Kier molecular flexibility index (Phi) is 6.45. The van der Waals surface area contributed by atoms with Crippen molar-refractivity contribution < 1.29 is 28.2 Å². The molecular weight excluding hydrogens is 539 g/mol. The molecular formula is C32H25FN4O5. The van der Waals surface area contributed by atoms with Crippen LogP contribution in [-0.2, 0) is 9.59 Å². The van der Waals surface area contributed by atoms with Crippen LogP contribution in [0, 0.1) is 11.2 Å². The van der Waals surface area contributed by atoms with E-state index in [1.165, 1.54) is 31.4 Å². The van der Waals surface area contributed by atoms with Crippen LogP contribution < -0.4 is 26.3 Å². The summed E-state index contributed by atoms with van der Waals surface area (Å²) >= 11 is 0. The van der Waals surface area contributed by atoms with E-state index < -0.39 is 34.9 Å². The minimum atomic E-state index is -1.45. The Morgan fingerprint density at radius 1 is 0.905 bits per heavy atom. The van der Waals surface area contributed by atoms with Gasteiger partial charge in [0.25, 0.3) is 5.91 Å². The predicted molar refractivity (Wildman–Crippen MR) is 155 cm³/mol. The third kappa shape index (κ3) is 4.43. The summed E-state index contributed by atoms with van der Waals surface area (Å²) < 4.78 is 25.0. The van der Waals surface area contributed by atoms with Crippen LogP contribution in [0.15, 0.2) is 85.1 Å². The number of ether oxygens (including phenoxy) is 2. The maximum Gasteiger partial charge on any atom is 0.252 e. The molecule has 0 aliphatic heterocycles. The summed E-state index contributed by atoms with van der Waals surface area (Å²) in [7, 11) is 1.45. The Balaban J connectivity index is 1.37. The fraction of sp³-hybridized carbons (Fsp3) is 0.125. The quantitative estimate of drug-likeness (QED) is 0.226. The van der Waals surface area contributed by atoms with Gasteiger partial charge in [0.05, 0.1) is 18.2 Å².